The predicted octanol–water partition coefficient (Wildman–Crippen LogP) is 6.62. The van der Waals surface area contributed by atoms with Crippen molar-refractivity contribution in [3.8, 4) is 33.6 Å². The van der Waals surface area contributed by atoms with Crippen LogP contribution in [0.3, 0.4) is 0 Å². The van der Waals surface area contributed by atoms with Crippen LogP contribution in [0.4, 0.5) is 10.1 Å². The molecule has 5 aromatic heterocycles. The van der Waals surface area contributed by atoms with Crippen LogP contribution in [0.25, 0.3) is 55.7 Å². The number of hydrogen-bond donors (Lipinski definition) is 4. The zero-order valence-corrected chi connectivity index (χ0v) is 25.7. The van der Waals surface area contributed by atoms with Crippen LogP contribution in [0.15, 0.2) is 67.3 Å². The standard InChI is InChI=1S/C35H38FN9/c1-45(2)10-9-39-28-13-24(12-27(36)15-28)29-7-8-40-34-30(29)16-32(42-34)33-31-14-26(21-41-35(31)44-43-33)25-11-23(19-38-20-25)18-37-17-22-5-3-4-6-22/h7-8,11-16,19-22,37,39H,3-6,9-10,17-18H2,1-2H3,(H,40,42)(H,41,43,44). The van der Waals surface area contributed by atoms with Crippen LogP contribution in [0, 0.1) is 11.7 Å². The minimum absolute atomic E-state index is 0.291. The van der Waals surface area contributed by atoms with Crippen LogP contribution in [-0.4, -0.2) is 68.8 Å². The molecule has 1 saturated carbocycles. The molecule has 0 spiro atoms. The van der Waals surface area contributed by atoms with Gasteiger partial charge in [-0.1, -0.05) is 12.8 Å². The Morgan fingerprint density at radius 3 is 2.64 bits per heavy atom. The Balaban J connectivity index is 1.17. The number of anilines is 1. The molecule has 230 valence electrons. The molecule has 0 unspecified atom stereocenters. The van der Waals surface area contributed by atoms with Crippen molar-refractivity contribution in [3.05, 3.63) is 78.6 Å². The zero-order valence-electron chi connectivity index (χ0n) is 25.7. The van der Waals surface area contributed by atoms with Crippen LogP contribution in [0.1, 0.15) is 31.2 Å². The number of H-pyrrole nitrogens is 2. The van der Waals surface area contributed by atoms with E-state index in [4.69, 9.17) is 0 Å². The summed E-state index contributed by atoms with van der Waals surface area (Å²) in [6.07, 6.45) is 12.8. The fourth-order valence-corrected chi connectivity index (χ4v) is 6.32. The fraction of sp³-hybridized carbons (Fsp3) is 0.314. The Morgan fingerprint density at radius 1 is 0.911 bits per heavy atom. The van der Waals surface area contributed by atoms with Gasteiger partial charge in [-0.05, 0) is 98.6 Å². The van der Waals surface area contributed by atoms with Gasteiger partial charge in [0.15, 0.2) is 5.65 Å². The van der Waals surface area contributed by atoms with Crippen LogP contribution < -0.4 is 10.6 Å². The lowest BCUT2D eigenvalue weighted by Gasteiger charge is -2.13. The van der Waals surface area contributed by atoms with Crippen molar-refractivity contribution in [1.82, 2.24) is 40.3 Å². The van der Waals surface area contributed by atoms with Crippen molar-refractivity contribution < 1.29 is 4.39 Å². The van der Waals surface area contributed by atoms with Gasteiger partial charge in [-0.3, -0.25) is 10.1 Å². The molecule has 5 heterocycles. The molecule has 0 saturated heterocycles. The maximum Gasteiger partial charge on any atom is 0.155 e. The van der Waals surface area contributed by atoms with Crippen molar-refractivity contribution in [3.63, 3.8) is 0 Å². The second kappa shape index (κ2) is 12.7. The smallest absolute Gasteiger partial charge is 0.155 e. The highest BCUT2D eigenvalue weighted by Crippen LogP contribution is 2.35. The highest BCUT2D eigenvalue weighted by molar-refractivity contribution is 6.00. The van der Waals surface area contributed by atoms with Crippen molar-refractivity contribution in [1.29, 1.82) is 0 Å². The van der Waals surface area contributed by atoms with Gasteiger partial charge in [-0.25, -0.2) is 14.4 Å². The summed E-state index contributed by atoms with van der Waals surface area (Å²) in [6, 6.07) is 13.3. The summed E-state index contributed by atoms with van der Waals surface area (Å²) < 4.78 is 14.7. The first-order chi connectivity index (χ1) is 22.0. The van der Waals surface area contributed by atoms with E-state index in [1.807, 2.05) is 50.9 Å². The second-order valence-corrected chi connectivity index (χ2v) is 12.3. The summed E-state index contributed by atoms with van der Waals surface area (Å²) in [4.78, 5) is 19.3. The van der Waals surface area contributed by atoms with E-state index in [0.29, 0.717) is 11.3 Å². The topological polar surface area (TPSA) is 110 Å². The molecule has 6 aromatic rings. The number of hydrogen-bond acceptors (Lipinski definition) is 7. The van der Waals surface area contributed by atoms with Crippen LogP contribution in [-0.2, 0) is 6.54 Å². The lowest BCUT2D eigenvalue weighted by molar-refractivity contribution is 0.425. The maximum absolute atomic E-state index is 14.7. The molecule has 1 aromatic carbocycles. The molecular formula is C35H38FN9. The highest BCUT2D eigenvalue weighted by Gasteiger charge is 2.17. The van der Waals surface area contributed by atoms with Gasteiger partial charge in [-0.15, -0.1) is 0 Å². The van der Waals surface area contributed by atoms with Gasteiger partial charge in [0, 0.05) is 72.0 Å². The number of benzene rings is 1. The summed E-state index contributed by atoms with van der Waals surface area (Å²) in [5, 5.41) is 16.4. The average Bonchev–Trinajstić information content (AvgIpc) is 3.80. The SMILES string of the molecule is CN(C)CCNc1cc(F)cc(-c2ccnc3[nH]c(-c4n[nH]c5ncc(-c6cncc(CNCC7CCCC7)c6)cc45)cc23)c1. The number of nitrogens with one attached hydrogen (secondary N) is 4. The normalized spacial score (nSPS) is 13.9. The number of aromatic nitrogens is 6. The van der Waals surface area contributed by atoms with Crippen LogP contribution in [0.5, 0.6) is 0 Å². The van der Waals surface area contributed by atoms with Crippen LogP contribution >= 0.6 is 0 Å². The lowest BCUT2D eigenvalue weighted by atomic mass is 10.0. The number of halogens is 1. The van der Waals surface area contributed by atoms with Crippen molar-refractivity contribution >= 4 is 27.8 Å². The van der Waals surface area contributed by atoms with Gasteiger partial charge in [0.25, 0.3) is 0 Å². The van der Waals surface area contributed by atoms with Gasteiger partial charge in [-0.2, -0.15) is 5.10 Å². The van der Waals surface area contributed by atoms with E-state index in [0.717, 1.165) is 87.8 Å². The zero-order chi connectivity index (χ0) is 30.8. The molecule has 0 radical (unpaired) electrons. The Kier molecular flexibility index (Phi) is 8.23. The van der Waals surface area contributed by atoms with E-state index >= 15 is 0 Å². The van der Waals surface area contributed by atoms with Crippen molar-refractivity contribution in [2.45, 2.75) is 32.2 Å². The first kappa shape index (κ1) is 29.1. The highest BCUT2D eigenvalue weighted by atomic mass is 19.1. The minimum atomic E-state index is -0.291. The number of pyridine rings is 3. The Morgan fingerprint density at radius 2 is 1.78 bits per heavy atom. The van der Waals surface area contributed by atoms with Gasteiger partial charge in [0.1, 0.15) is 17.2 Å². The fourth-order valence-electron chi connectivity index (χ4n) is 6.32. The third-order valence-corrected chi connectivity index (χ3v) is 8.67. The van der Waals surface area contributed by atoms with E-state index in [9.17, 15) is 4.39 Å². The van der Waals surface area contributed by atoms with E-state index in [1.165, 1.54) is 31.7 Å². The molecule has 1 aliphatic rings. The molecule has 10 heteroatoms. The Bertz CT molecular complexity index is 1940. The van der Waals surface area contributed by atoms with E-state index in [-0.39, 0.29) is 5.82 Å². The predicted molar refractivity (Wildman–Crippen MR) is 178 cm³/mol. The monoisotopic (exact) mass is 603 g/mol. The average molecular weight is 604 g/mol. The van der Waals surface area contributed by atoms with E-state index in [1.54, 1.807) is 12.3 Å². The molecule has 7 rings (SSSR count). The largest absolute Gasteiger partial charge is 0.384 e. The first-order valence-electron chi connectivity index (χ1n) is 15.7. The van der Waals surface area contributed by atoms with Gasteiger partial charge >= 0.3 is 0 Å². The third kappa shape index (κ3) is 6.43. The van der Waals surface area contributed by atoms with E-state index < -0.39 is 0 Å². The van der Waals surface area contributed by atoms with Gasteiger partial charge < -0.3 is 20.5 Å². The number of nitrogens with zero attached hydrogens (tertiary/aromatic N) is 5. The molecule has 0 amide bonds. The van der Waals surface area contributed by atoms with Crippen molar-refractivity contribution in [2.24, 2.45) is 5.92 Å². The van der Waals surface area contributed by atoms with Gasteiger partial charge in [0.05, 0.1) is 5.69 Å². The summed E-state index contributed by atoms with van der Waals surface area (Å²) >= 11 is 0. The van der Waals surface area contributed by atoms with Crippen LogP contribution in [0.2, 0.25) is 0 Å². The van der Waals surface area contributed by atoms with Gasteiger partial charge in [0.2, 0.25) is 0 Å². The molecular weight excluding hydrogens is 565 g/mol. The third-order valence-electron chi connectivity index (χ3n) is 8.67. The summed E-state index contributed by atoms with van der Waals surface area (Å²) in [5.74, 6) is 0.505. The number of likely N-dealkylation sites (N-methyl/N-ethyl adjacent to an activating group) is 1. The second-order valence-electron chi connectivity index (χ2n) is 12.3. The quantitative estimate of drug-likeness (QED) is 0.132. The molecule has 0 atom stereocenters. The minimum Gasteiger partial charge on any atom is -0.384 e. The number of rotatable bonds is 11. The molecule has 0 aliphatic heterocycles. The summed E-state index contributed by atoms with van der Waals surface area (Å²) in [7, 11) is 4.03. The van der Waals surface area contributed by atoms with Crippen molar-refractivity contribution in [2.75, 3.05) is 39.0 Å². The molecule has 1 aliphatic carbocycles. The summed E-state index contributed by atoms with van der Waals surface area (Å²) in [6.45, 7) is 3.43. The molecule has 45 heavy (non-hydrogen) atoms. The Hall–Kier alpha value is -4.67. The molecule has 1 fully saturated rings. The lowest BCUT2D eigenvalue weighted by Crippen LogP contribution is -2.20. The first-order valence-corrected chi connectivity index (χ1v) is 15.7. The molecule has 0 bridgehead atoms. The number of fused-ring (bicyclic) bond motifs is 2. The summed E-state index contributed by atoms with van der Waals surface area (Å²) in [5.41, 5.74) is 8.50. The maximum atomic E-state index is 14.7. The molecule has 4 N–H and O–H groups in total. The van der Waals surface area contributed by atoms with E-state index in [2.05, 4.69) is 57.8 Å². The molecule has 9 nitrogen and oxygen atoms in total. The number of aromatic amines is 2. The Labute approximate surface area is 261 Å².